The zero-order valence-corrected chi connectivity index (χ0v) is 9.04. The van der Waals surface area contributed by atoms with Gasteiger partial charge in [-0.05, 0) is 26.8 Å². The SMILES string of the molecule is COC(=O)C(C)=CCNCCC(C)O. The fourth-order valence-corrected chi connectivity index (χ4v) is 0.883. The van der Waals surface area contributed by atoms with Crippen molar-refractivity contribution in [1.82, 2.24) is 5.32 Å². The molecule has 2 N–H and O–H groups in total. The summed E-state index contributed by atoms with van der Waals surface area (Å²) in [6.07, 6.45) is 2.20. The van der Waals surface area contributed by atoms with Gasteiger partial charge in [0.2, 0.25) is 0 Å². The van der Waals surface area contributed by atoms with Gasteiger partial charge in [0, 0.05) is 12.1 Å². The van der Waals surface area contributed by atoms with Crippen LogP contribution in [0, 0.1) is 0 Å². The molecule has 0 saturated heterocycles. The second-order valence-electron chi connectivity index (χ2n) is 3.22. The van der Waals surface area contributed by atoms with Crippen molar-refractivity contribution in [2.24, 2.45) is 0 Å². The van der Waals surface area contributed by atoms with Gasteiger partial charge in [-0.1, -0.05) is 6.08 Å². The van der Waals surface area contributed by atoms with Crippen LogP contribution in [-0.4, -0.2) is 37.4 Å². The van der Waals surface area contributed by atoms with Crippen LogP contribution in [0.1, 0.15) is 20.3 Å². The number of esters is 1. The first-order valence-electron chi connectivity index (χ1n) is 4.71. The van der Waals surface area contributed by atoms with Crippen molar-refractivity contribution in [1.29, 1.82) is 0 Å². The normalized spacial score (nSPS) is 13.9. The van der Waals surface area contributed by atoms with Crippen molar-refractivity contribution >= 4 is 5.97 Å². The van der Waals surface area contributed by atoms with Gasteiger partial charge in [0.1, 0.15) is 0 Å². The summed E-state index contributed by atoms with van der Waals surface area (Å²) < 4.78 is 4.53. The van der Waals surface area contributed by atoms with Crippen LogP contribution in [0.15, 0.2) is 11.6 Å². The van der Waals surface area contributed by atoms with E-state index in [2.05, 4.69) is 10.1 Å². The summed E-state index contributed by atoms with van der Waals surface area (Å²) in [5.74, 6) is -0.303. The molecule has 0 aromatic carbocycles. The average Bonchev–Trinajstić information content (AvgIpc) is 2.15. The van der Waals surface area contributed by atoms with E-state index in [1.807, 2.05) is 0 Å². The van der Waals surface area contributed by atoms with Gasteiger partial charge in [-0.25, -0.2) is 4.79 Å². The Labute approximate surface area is 85.0 Å². The Balaban J connectivity index is 3.56. The number of ether oxygens (including phenoxy) is 1. The highest BCUT2D eigenvalue weighted by Gasteiger charge is 2.01. The quantitative estimate of drug-likeness (QED) is 0.372. The molecule has 0 aromatic heterocycles. The van der Waals surface area contributed by atoms with Gasteiger partial charge in [0.25, 0.3) is 0 Å². The van der Waals surface area contributed by atoms with E-state index >= 15 is 0 Å². The Morgan fingerprint density at radius 1 is 1.64 bits per heavy atom. The lowest BCUT2D eigenvalue weighted by Gasteiger charge is -2.04. The minimum Gasteiger partial charge on any atom is -0.466 e. The molecule has 82 valence electrons. The topological polar surface area (TPSA) is 58.6 Å². The summed E-state index contributed by atoms with van der Waals surface area (Å²) in [6, 6.07) is 0. The lowest BCUT2D eigenvalue weighted by molar-refractivity contribution is -0.136. The van der Waals surface area contributed by atoms with Gasteiger partial charge < -0.3 is 15.2 Å². The first kappa shape index (κ1) is 13.1. The van der Waals surface area contributed by atoms with E-state index in [-0.39, 0.29) is 12.1 Å². The summed E-state index contributed by atoms with van der Waals surface area (Å²) in [4.78, 5) is 10.9. The van der Waals surface area contributed by atoms with Crippen LogP contribution < -0.4 is 5.32 Å². The Bertz CT molecular complexity index is 200. The smallest absolute Gasteiger partial charge is 0.333 e. The van der Waals surface area contributed by atoms with E-state index in [4.69, 9.17) is 5.11 Å². The van der Waals surface area contributed by atoms with Gasteiger partial charge in [0.15, 0.2) is 0 Å². The number of aliphatic hydroxyl groups excluding tert-OH is 1. The fraction of sp³-hybridized carbons (Fsp3) is 0.700. The third kappa shape index (κ3) is 6.62. The summed E-state index contributed by atoms with van der Waals surface area (Å²) in [7, 11) is 1.36. The number of hydrogen-bond acceptors (Lipinski definition) is 4. The molecule has 0 spiro atoms. The van der Waals surface area contributed by atoms with Crippen molar-refractivity contribution in [2.45, 2.75) is 26.4 Å². The molecule has 1 unspecified atom stereocenters. The lowest BCUT2D eigenvalue weighted by Crippen LogP contribution is -2.19. The van der Waals surface area contributed by atoms with Crippen molar-refractivity contribution in [3.63, 3.8) is 0 Å². The van der Waals surface area contributed by atoms with Crippen LogP contribution in [0.25, 0.3) is 0 Å². The van der Waals surface area contributed by atoms with Crippen molar-refractivity contribution in [2.75, 3.05) is 20.2 Å². The van der Waals surface area contributed by atoms with Crippen LogP contribution in [0.3, 0.4) is 0 Å². The highest BCUT2D eigenvalue weighted by Crippen LogP contribution is 1.93. The molecule has 0 aliphatic heterocycles. The molecular formula is C10H19NO3. The average molecular weight is 201 g/mol. The number of hydrogen-bond donors (Lipinski definition) is 2. The van der Waals surface area contributed by atoms with Gasteiger partial charge in [-0.2, -0.15) is 0 Å². The maximum atomic E-state index is 10.9. The lowest BCUT2D eigenvalue weighted by atomic mass is 10.2. The summed E-state index contributed by atoms with van der Waals surface area (Å²) >= 11 is 0. The summed E-state index contributed by atoms with van der Waals surface area (Å²) in [5, 5.41) is 12.0. The fourth-order valence-electron chi connectivity index (χ4n) is 0.883. The molecule has 0 heterocycles. The monoisotopic (exact) mass is 201 g/mol. The second-order valence-corrected chi connectivity index (χ2v) is 3.22. The van der Waals surface area contributed by atoms with E-state index in [1.54, 1.807) is 19.9 Å². The predicted molar refractivity (Wildman–Crippen MR) is 54.9 cm³/mol. The third-order valence-corrected chi connectivity index (χ3v) is 1.80. The zero-order valence-electron chi connectivity index (χ0n) is 9.04. The van der Waals surface area contributed by atoms with E-state index < -0.39 is 0 Å². The number of nitrogens with one attached hydrogen (secondary N) is 1. The van der Waals surface area contributed by atoms with Gasteiger partial charge in [-0.3, -0.25) is 0 Å². The highest BCUT2D eigenvalue weighted by molar-refractivity contribution is 5.87. The van der Waals surface area contributed by atoms with Crippen molar-refractivity contribution in [3.8, 4) is 0 Å². The van der Waals surface area contributed by atoms with Crippen LogP contribution >= 0.6 is 0 Å². The molecule has 0 saturated carbocycles. The van der Waals surface area contributed by atoms with Gasteiger partial charge in [0.05, 0.1) is 13.2 Å². The summed E-state index contributed by atoms with van der Waals surface area (Å²) in [5.41, 5.74) is 0.594. The second kappa shape index (κ2) is 7.53. The molecule has 14 heavy (non-hydrogen) atoms. The van der Waals surface area contributed by atoms with Crippen molar-refractivity contribution < 1.29 is 14.6 Å². The van der Waals surface area contributed by atoms with Gasteiger partial charge >= 0.3 is 5.97 Å². The number of methoxy groups -OCH3 is 1. The predicted octanol–water partition coefficient (Wildman–Crippen LogP) is 0.466. The Morgan fingerprint density at radius 2 is 2.29 bits per heavy atom. The van der Waals surface area contributed by atoms with Gasteiger partial charge in [-0.15, -0.1) is 0 Å². The number of aliphatic hydroxyl groups is 1. The Kier molecular flexibility index (Phi) is 7.06. The maximum Gasteiger partial charge on any atom is 0.333 e. The van der Waals surface area contributed by atoms with Crippen LogP contribution in [0.2, 0.25) is 0 Å². The summed E-state index contributed by atoms with van der Waals surface area (Å²) in [6.45, 7) is 4.82. The molecular weight excluding hydrogens is 182 g/mol. The zero-order chi connectivity index (χ0) is 11.0. The molecule has 1 atom stereocenters. The highest BCUT2D eigenvalue weighted by atomic mass is 16.5. The van der Waals surface area contributed by atoms with E-state index in [0.29, 0.717) is 18.5 Å². The van der Waals surface area contributed by atoms with Crippen LogP contribution in [0.4, 0.5) is 0 Å². The number of rotatable bonds is 6. The van der Waals surface area contributed by atoms with E-state index in [0.717, 1.165) is 6.54 Å². The molecule has 0 amide bonds. The molecule has 0 rings (SSSR count). The number of carbonyl (C=O) groups is 1. The van der Waals surface area contributed by atoms with Crippen LogP contribution in [0.5, 0.6) is 0 Å². The minimum atomic E-state index is -0.303. The molecule has 0 radical (unpaired) electrons. The third-order valence-electron chi connectivity index (χ3n) is 1.80. The molecule has 4 nitrogen and oxygen atoms in total. The molecule has 0 aromatic rings. The van der Waals surface area contributed by atoms with Crippen molar-refractivity contribution in [3.05, 3.63) is 11.6 Å². The molecule has 4 heteroatoms. The molecule has 0 aliphatic rings. The first-order chi connectivity index (χ1) is 6.57. The van der Waals surface area contributed by atoms with Crippen LogP contribution in [-0.2, 0) is 9.53 Å². The maximum absolute atomic E-state index is 10.9. The van der Waals surface area contributed by atoms with E-state index in [1.165, 1.54) is 7.11 Å². The number of carbonyl (C=O) groups excluding carboxylic acids is 1. The molecule has 0 bridgehead atoms. The van der Waals surface area contributed by atoms with E-state index in [9.17, 15) is 4.79 Å². The first-order valence-corrected chi connectivity index (χ1v) is 4.71. The minimum absolute atomic E-state index is 0.284. The molecule has 0 fully saturated rings. The largest absolute Gasteiger partial charge is 0.466 e. The molecule has 0 aliphatic carbocycles. The Hall–Kier alpha value is -0.870. The standard InChI is InChI=1S/C10H19NO3/c1-8(10(13)14-3)4-6-11-7-5-9(2)12/h4,9,11-12H,5-7H2,1-3H3. The Morgan fingerprint density at radius 3 is 2.79 bits per heavy atom.